The minimum absolute atomic E-state index is 0.0401. The maximum Gasteiger partial charge on any atom is 0.305 e. The second-order valence-corrected chi connectivity index (χ2v) is 10.1. The second kappa shape index (κ2) is 29.4. The number of aliphatic carboxylic acids is 1. The van der Waals surface area contributed by atoms with E-state index < -0.39 is 5.97 Å². The van der Waals surface area contributed by atoms with Gasteiger partial charge >= 0.3 is 5.97 Å². The van der Waals surface area contributed by atoms with E-state index in [1.165, 1.54) is 95.5 Å². The van der Waals surface area contributed by atoms with E-state index in [1.807, 2.05) is 7.05 Å². The van der Waals surface area contributed by atoms with Crippen molar-refractivity contribution in [1.82, 2.24) is 4.90 Å². The predicted molar refractivity (Wildman–Crippen MR) is 152 cm³/mol. The summed E-state index contributed by atoms with van der Waals surface area (Å²) in [5.41, 5.74) is 1.38. The monoisotopic (exact) mass is 529 g/mol. The lowest BCUT2D eigenvalue weighted by Crippen LogP contribution is -2.19. The zero-order valence-corrected chi connectivity index (χ0v) is 24.2. The molecule has 0 fully saturated rings. The molecule has 0 aromatic rings. The molecule has 0 aliphatic carbocycles. The highest BCUT2D eigenvalue weighted by Crippen LogP contribution is 2.17. The van der Waals surface area contributed by atoms with Crippen LogP contribution in [0.2, 0.25) is 0 Å². The fraction of sp³-hybridized carbons (Fsp3) is 0.900. The maximum absolute atomic E-state index is 10.6. The van der Waals surface area contributed by atoms with E-state index >= 15 is 0 Å². The van der Waals surface area contributed by atoms with Gasteiger partial charge in [-0.1, -0.05) is 96.0 Å². The number of hydrogen-bond donors (Lipinski definition) is 2. The topological polar surface area (TPSA) is 88.5 Å². The maximum atomic E-state index is 10.6. The van der Waals surface area contributed by atoms with E-state index in [0.29, 0.717) is 33.0 Å². The van der Waals surface area contributed by atoms with Crippen molar-refractivity contribution >= 4 is 5.97 Å². The van der Waals surface area contributed by atoms with E-state index in [2.05, 4.69) is 18.0 Å². The van der Waals surface area contributed by atoms with Crippen LogP contribution < -0.4 is 0 Å². The van der Waals surface area contributed by atoms with Crippen LogP contribution in [0.4, 0.5) is 0 Å². The lowest BCUT2D eigenvalue weighted by atomic mass is 10.0. The van der Waals surface area contributed by atoms with E-state index in [1.54, 1.807) is 0 Å². The number of unbranched alkanes of at least 4 members (excludes halogenated alkanes) is 13. The normalized spacial score (nSPS) is 11.8. The molecular weight excluding hydrogens is 470 g/mol. The lowest BCUT2D eigenvalue weighted by molar-refractivity contribution is -0.138. The molecule has 0 saturated carbocycles. The Hall–Kier alpha value is -1.15. The van der Waals surface area contributed by atoms with Gasteiger partial charge in [-0.05, 0) is 25.5 Å². The van der Waals surface area contributed by atoms with E-state index in [-0.39, 0.29) is 19.6 Å². The van der Waals surface area contributed by atoms with Crippen molar-refractivity contribution in [3.63, 3.8) is 0 Å². The summed E-state index contributed by atoms with van der Waals surface area (Å²) in [6.45, 7) is 5.89. The van der Waals surface area contributed by atoms with Crippen molar-refractivity contribution in [3.05, 3.63) is 11.8 Å². The molecule has 0 saturated heterocycles. The minimum atomic E-state index is -0.828. The number of ether oxygens (including phenoxy) is 3. The molecule has 0 aliphatic heterocycles. The van der Waals surface area contributed by atoms with Crippen LogP contribution in [0.25, 0.3) is 0 Å². The van der Waals surface area contributed by atoms with Gasteiger partial charge in [-0.3, -0.25) is 4.79 Å². The van der Waals surface area contributed by atoms with Crippen LogP contribution in [0.1, 0.15) is 116 Å². The van der Waals surface area contributed by atoms with Crippen LogP contribution in [0.15, 0.2) is 11.8 Å². The molecule has 37 heavy (non-hydrogen) atoms. The third kappa shape index (κ3) is 29.3. The summed E-state index contributed by atoms with van der Waals surface area (Å²) in [6.07, 6.45) is 23.3. The molecular formula is C30H59NO6. The number of likely N-dealkylation sites (N-methyl/N-ethyl adjacent to an activating group) is 1. The summed E-state index contributed by atoms with van der Waals surface area (Å²) in [5.74, 6) is -0.828. The first-order chi connectivity index (χ1) is 18.1. The first-order valence-electron chi connectivity index (χ1n) is 15.1. The number of rotatable bonds is 30. The third-order valence-corrected chi connectivity index (χ3v) is 6.48. The van der Waals surface area contributed by atoms with Gasteiger partial charge in [0.25, 0.3) is 0 Å². The fourth-order valence-corrected chi connectivity index (χ4v) is 4.24. The summed E-state index contributed by atoms with van der Waals surface area (Å²) in [5, 5.41) is 17.5. The summed E-state index contributed by atoms with van der Waals surface area (Å²) >= 11 is 0. The number of carboxylic acid groups (broad SMARTS) is 1. The van der Waals surface area contributed by atoms with E-state index in [9.17, 15) is 4.79 Å². The van der Waals surface area contributed by atoms with E-state index in [0.717, 1.165) is 19.4 Å². The SMILES string of the molecule is CCCCCCCCCCCCCCCCC(=CN(C)CCOCCC(=O)O)CCOCCOCCO. The number of hydrogen-bond acceptors (Lipinski definition) is 6. The molecule has 0 aromatic carbocycles. The van der Waals surface area contributed by atoms with Crippen molar-refractivity contribution in [1.29, 1.82) is 0 Å². The van der Waals surface area contributed by atoms with Gasteiger partial charge < -0.3 is 29.3 Å². The highest BCUT2D eigenvalue weighted by atomic mass is 16.5. The zero-order chi connectivity index (χ0) is 27.2. The first kappa shape index (κ1) is 35.9. The van der Waals surface area contributed by atoms with Crippen molar-refractivity contribution < 1.29 is 29.2 Å². The molecule has 0 amide bonds. The molecule has 0 spiro atoms. The average molecular weight is 530 g/mol. The zero-order valence-electron chi connectivity index (χ0n) is 24.2. The average Bonchev–Trinajstić information content (AvgIpc) is 2.87. The summed E-state index contributed by atoms with van der Waals surface area (Å²) < 4.78 is 16.4. The molecule has 7 nitrogen and oxygen atoms in total. The summed E-state index contributed by atoms with van der Waals surface area (Å²) in [4.78, 5) is 12.7. The Kier molecular flexibility index (Phi) is 28.5. The van der Waals surface area contributed by atoms with Gasteiger partial charge in [0.1, 0.15) is 0 Å². The second-order valence-electron chi connectivity index (χ2n) is 10.1. The van der Waals surface area contributed by atoms with Gasteiger partial charge in [0, 0.05) is 13.6 Å². The fourth-order valence-electron chi connectivity index (χ4n) is 4.24. The Morgan fingerprint density at radius 1 is 0.649 bits per heavy atom. The molecule has 0 rings (SSSR count). The standard InChI is InChI=1S/C30H59NO6/c1-3-4-5-6-7-8-9-10-11-12-13-14-15-16-17-29(18-22-36-26-27-37-25-21-32)28-31(2)20-24-35-23-19-30(33)34/h28,32H,3-27H2,1-2H3,(H,33,34). The van der Waals surface area contributed by atoms with Crippen LogP contribution in [-0.2, 0) is 19.0 Å². The highest BCUT2D eigenvalue weighted by molar-refractivity contribution is 5.66. The number of aliphatic hydroxyl groups is 1. The molecule has 0 aromatic heterocycles. The van der Waals surface area contributed by atoms with Crippen molar-refractivity contribution in [2.24, 2.45) is 0 Å². The first-order valence-corrected chi connectivity index (χ1v) is 15.1. The van der Waals surface area contributed by atoms with Crippen LogP contribution in [0.5, 0.6) is 0 Å². The minimum Gasteiger partial charge on any atom is -0.481 e. The van der Waals surface area contributed by atoms with Crippen LogP contribution in [0.3, 0.4) is 0 Å². The van der Waals surface area contributed by atoms with Crippen molar-refractivity contribution in [2.75, 3.05) is 59.8 Å². The Morgan fingerprint density at radius 3 is 1.68 bits per heavy atom. The predicted octanol–water partition coefficient (Wildman–Crippen LogP) is 6.58. The molecule has 0 heterocycles. The Bertz CT molecular complexity index is 514. The van der Waals surface area contributed by atoms with Gasteiger partial charge in [0.2, 0.25) is 0 Å². The molecule has 0 unspecified atom stereocenters. The quantitative estimate of drug-likeness (QED) is 0.102. The van der Waals surface area contributed by atoms with E-state index in [4.69, 9.17) is 24.4 Å². The highest BCUT2D eigenvalue weighted by Gasteiger charge is 2.03. The summed E-state index contributed by atoms with van der Waals surface area (Å²) in [6, 6.07) is 0. The van der Waals surface area contributed by atoms with Crippen LogP contribution in [0, 0.1) is 0 Å². The Balaban J connectivity index is 4.03. The number of carboxylic acids is 1. The van der Waals surface area contributed by atoms with Gasteiger partial charge in [0.05, 0.1) is 52.7 Å². The molecule has 0 aliphatic rings. The van der Waals surface area contributed by atoms with Gasteiger partial charge in [-0.15, -0.1) is 0 Å². The molecule has 0 radical (unpaired) electrons. The number of aliphatic hydroxyl groups excluding tert-OH is 1. The molecule has 7 heteroatoms. The molecule has 0 atom stereocenters. The summed E-state index contributed by atoms with van der Waals surface area (Å²) in [7, 11) is 2.04. The largest absolute Gasteiger partial charge is 0.481 e. The molecule has 220 valence electrons. The number of carbonyl (C=O) groups is 1. The van der Waals surface area contributed by atoms with Crippen LogP contribution >= 0.6 is 0 Å². The third-order valence-electron chi connectivity index (χ3n) is 6.48. The van der Waals surface area contributed by atoms with Crippen molar-refractivity contribution in [3.8, 4) is 0 Å². The Morgan fingerprint density at radius 2 is 1.14 bits per heavy atom. The number of nitrogens with zero attached hydrogens (tertiary/aromatic N) is 1. The molecule has 2 N–H and O–H groups in total. The van der Waals surface area contributed by atoms with Crippen LogP contribution in [-0.4, -0.2) is 80.9 Å². The van der Waals surface area contributed by atoms with Crippen molar-refractivity contribution in [2.45, 2.75) is 116 Å². The van der Waals surface area contributed by atoms with Gasteiger partial charge in [-0.25, -0.2) is 0 Å². The smallest absolute Gasteiger partial charge is 0.305 e. The van der Waals surface area contributed by atoms with Gasteiger partial charge in [-0.2, -0.15) is 0 Å². The lowest BCUT2D eigenvalue weighted by Gasteiger charge is -2.17. The molecule has 0 bridgehead atoms. The Labute approximate surface area is 227 Å². The van der Waals surface area contributed by atoms with Gasteiger partial charge in [0.15, 0.2) is 0 Å².